The number of hydrogen-bond donors (Lipinski definition) is 1. The molecule has 4 aromatic rings. The van der Waals surface area contributed by atoms with Crippen LogP contribution in [-0.2, 0) is 16.0 Å². The highest BCUT2D eigenvalue weighted by Crippen LogP contribution is 2.37. The molecule has 5 rings (SSSR count). The van der Waals surface area contributed by atoms with E-state index >= 15 is 0 Å². The summed E-state index contributed by atoms with van der Waals surface area (Å²) in [5.41, 5.74) is 2.17. The van der Waals surface area contributed by atoms with Gasteiger partial charge in [-0.3, -0.25) is 14.6 Å². The Labute approximate surface area is 251 Å². The Bertz CT molecular complexity index is 1600. The van der Waals surface area contributed by atoms with Gasteiger partial charge in [-0.25, -0.2) is 4.39 Å². The van der Waals surface area contributed by atoms with Crippen molar-refractivity contribution >= 4 is 50.0 Å². The summed E-state index contributed by atoms with van der Waals surface area (Å²) in [6.45, 7) is 4.11. The summed E-state index contributed by atoms with van der Waals surface area (Å²) < 4.78 is 25.4. The molecule has 1 N–H and O–H groups in total. The molecule has 2 aromatic carbocycles. The third-order valence-electron chi connectivity index (χ3n) is 6.94. The van der Waals surface area contributed by atoms with Crippen molar-refractivity contribution in [3.63, 3.8) is 0 Å². The van der Waals surface area contributed by atoms with Crippen LogP contribution in [0.3, 0.4) is 0 Å². The van der Waals surface area contributed by atoms with E-state index in [2.05, 4.69) is 41.3 Å². The molecule has 1 aliphatic rings. The number of anilines is 2. The first-order chi connectivity index (χ1) is 20.4. The highest BCUT2D eigenvalue weighted by Gasteiger charge is 2.28. The molecule has 10 nitrogen and oxygen atoms in total. The zero-order valence-corrected chi connectivity index (χ0v) is 24.9. The van der Waals surface area contributed by atoms with Gasteiger partial charge >= 0.3 is 11.8 Å². The number of rotatable bonds is 8. The lowest BCUT2D eigenvalue weighted by molar-refractivity contribution is -0.143. The Kier molecular flexibility index (Phi) is 9.11. The maximum Gasteiger partial charge on any atom is 0.313 e. The van der Waals surface area contributed by atoms with Gasteiger partial charge in [0.2, 0.25) is 0 Å². The van der Waals surface area contributed by atoms with Gasteiger partial charge in [0.15, 0.2) is 17.3 Å². The van der Waals surface area contributed by atoms with Crippen molar-refractivity contribution in [1.29, 1.82) is 0 Å². The highest BCUT2D eigenvalue weighted by molar-refractivity contribution is 9.10. The summed E-state index contributed by atoms with van der Waals surface area (Å²) in [5.74, 6) is 0.00437. The lowest BCUT2D eigenvalue weighted by atomic mass is 10.0. The smallest absolute Gasteiger partial charge is 0.313 e. The van der Waals surface area contributed by atoms with E-state index in [0.29, 0.717) is 62.2 Å². The lowest BCUT2D eigenvalue weighted by Crippen LogP contribution is -2.51. The number of fused-ring (bicyclic) bond motifs is 1. The maximum absolute atomic E-state index is 13.5. The van der Waals surface area contributed by atoms with Gasteiger partial charge in [-0.05, 0) is 70.4 Å². The van der Waals surface area contributed by atoms with Crippen molar-refractivity contribution in [3.8, 4) is 11.5 Å². The van der Waals surface area contributed by atoms with Gasteiger partial charge < -0.3 is 24.6 Å². The van der Waals surface area contributed by atoms with Crippen LogP contribution in [0.5, 0.6) is 11.5 Å². The van der Waals surface area contributed by atoms with E-state index in [9.17, 15) is 14.0 Å². The molecule has 0 radical (unpaired) electrons. The molecular formula is C30H30BrFN6O4. The molecule has 0 spiro atoms. The van der Waals surface area contributed by atoms with Gasteiger partial charge in [0.25, 0.3) is 0 Å². The van der Waals surface area contributed by atoms with E-state index in [4.69, 9.17) is 9.47 Å². The van der Waals surface area contributed by atoms with E-state index < -0.39 is 17.6 Å². The SMILES string of the molecule is CCCOc1cc2c(N3CCN(C(=O)C(=O)Nc4ccc(F)c(Br)c4)CC3)nnc(Cc3ccncc3)c2cc1OC. The molecule has 2 amide bonds. The van der Waals surface area contributed by atoms with Crippen molar-refractivity contribution < 1.29 is 23.5 Å². The van der Waals surface area contributed by atoms with Gasteiger partial charge in [-0.1, -0.05) is 6.92 Å². The van der Waals surface area contributed by atoms with Gasteiger partial charge in [-0.15, -0.1) is 5.10 Å². The molecule has 0 aliphatic carbocycles. The summed E-state index contributed by atoms with van der Waals surface area (Å²) in [6, 6.07) is 11.8. The maximum atomic E-state index is 13.5. The average molecular weight is 638 g/mol. The number of ether oxygens (including phenoxy) is 2. The van der Waals surface area contributed by atoms with Crippen LogP contribution < -0.4 is 19.7 Å². The first-order valence-corrected chi connectivity index (χ1v) is 14.4. The Morgan fingerprint density at radius 1 is 1.00 bits per heavy atom. The predicted octanol–water partition coefficient (Wildman–Crippen LogP) is 4.60. The Morgan fingerprint density at radius 2 is 1.74 bits per heavy atom. The summed E-state index contributed by atoms with van der Waals surface area (Å²) in [7, 11) is 1.61. The second kappa shape index (κ2) is 13.1. The second-order valence-electron chi connectivity index (χ2n) is 9.76. The number of nitrogens with one attached hydrogen (secondary N) is 1. The van der Waals surface area contributed by atoms with Crippen LogP contribution in [0.1, 0.15) is 24.6 Å². The molecule has 0 saturated carbocycles. The molecule has 1 aliphatic heterocycles. The van der Waals surface area contributed by atoms with Crippen LogP contribution in [0, 0.1) is 5.82 Å². The van der Waals surface area contributed by atoms with E-state index in [1.54, 1.807) is 19.5 Å². The van der Waals surface area contributed by atoms with Gasteiger partial charge in [0.05, 0.1) is 23.9 Å². The van der Waals surface area contributed by atoms with Crippen LogP contribution in [0.15, 0.2) is 59.3 Å². The average Bonchev–Trinajstić information content (AvgIpc) is 3.01. The fourth-order valence-electron chi connectivity index (χ4n) is 4.77. The third-order valence-corrected chi connectivity index (χ3v) is 7.55. The molecule has 2 aromatic heterocycles. The highest BCUT2D eigenvalue weighted by atomic mass is 79.9. The number of piperazine rings is 1. The van der Waals surface area contributed by atoms with Gasteiger partial charge in [0, 0.05) is 61.5 Å². The zero-order valence-electron chi connectivity index (χ0n) is 23.3. The van der Waals surface area contributed by atoms with Crippen LogP contribution in [0.4, 0.5) is 15.9 Å². The summed E-state index contributed by atoms with van der Waals surface area (Å²) in [4.78, 5) is 33.2. The molecule has 42 heavy (non-hydrogen) atoms. The number of carbonyl (C=O) groups is 2. The normalized spacial score (nSPS) is 13.2. The number of hydrogen-bond acceptors (Lipinski definition) is 8. The number of nitrogens with zero attached hydrogens (tertiary/aromatic N) is 5. The molecule has 0 unspecified atom stereocenters. The summed E-state index contributed by atoms with van der Waals surface area (Å²) in [6.07, 6.45) is 4.90. The van der Waals surface area contributed by atoms with Crippen molar-refractivity contribution in [2.24, 2.45) is 0 Å². The lowest BCUT2D eigenvalue weighted by Gasteiger charge is -2.35. The molecule has 1 fully saturated rings. The number of halogens is 2. The van der Waals surface area contributed by atoms with Crippen molar-refractivity contribution in [2.75, 3.05) is 50.1 Å². The molecule has 3 heterocycles. The summed E-state index contributed by atoms with van der Waals surface area (Å²) in [5, 5.41) is 13.5. The molecule has 218 valence electrons. The van der Waals surface area contributed by atoms with Crippen LogP contribution in [-0.4, -0.2) is 71.8 Å². The van der Waals surface area contributed by atoms with Gasteiger partial charge in [0.1, 0.15) is 5.82 Å². The minimum absolute atomic E-state index is 0.197. The third kappa shape index (κ3) is 6.43. The largest absolute Gasteiger partial charge is 0.493 e. The Balaban J connectivity index is 1.37. The zero-order chi connectivity index (χ0) is 29.6. The first kappa shape index (κ1) is 29.2. The minimum atomic E-state index is -0.780. The second-order valence-corrected chi connectivity index (χ2v) is 10.6. The first-order valence-electron chi connectivity index (χ1n) is 13.6. The topological polar surface area (TPSA) is 110 Å². The minimum Gasteiger partial charge on any atom is -0.493 e. The van der Waals surface area contributed by atoms with E-state index in [1.807, 2.05) is 31.2 Å². The number of benzene rings is 2. The number of amides is 2. The molecule has 12 heteroatoms. The van der Waals surface area contributed by atoms with E-state index in [0.717, 1.165) is 28.5 Å². The molecule has 1 saturated heterocycles. The summed E-state index contributed by atoms with van der Waals surface area (Å²) >= 11 is 3.09. The number of methoxy groups -OCH3 is 1. The molecule has 0 atom stereocenters. The van der Waals surface area contributed by atoms with E-state index in [-0.39, 0.29) is 4.47 Å². The fourth-order valence-corrected chi connectivity index (χ4v) is 5.14. The van der Waals surface area contributed by atoms with Crippen LogP contribution >= 0.6 is 15.9 Å². The predicted molar refractivity (Wildman–Crippen MR) is 160 cm³/mol. The number of pyridine rings is 1. The molecule has 0 bridgehead atoms. The monoisotopic (exact) mass is 636 g/mol. The molecular weight excluding hydrogens is 607 g/mol. The van der Waals surface area contributed by atoms with Crippen LogP contribution in [0.2, 0.25) is 0 Å². The Hall–Kier alpha value is -4.32. The standard InChI is InChI=1S/C30H30BrFN6O4/c1-3-14-42-27-18-22-21(17-26(27)41-2)25(15-19-6-8-33-9-7-19)35-36-28(22)37-10-12-38(13-11-37)30(40)29(39)34-20-4-5-24(32)23(31)16-20/h4-9,16-18H,3,10-15H2,1-2H3,(H,34,39). The van der Waals surface area contributed by atoms with Crippen molar-refractivity contribution in [3.05, 3.63) is 76.4 Å². The quantitative estimate of drug-likeness (QED) is 0.280. The fraction of sp³-hybridized carbons (Fsp3) is 0.300. The van der Waals surface area contributed by atoms with Crippen LogP contribution in [0.25, 0.3) is 10.8 Å². The van der Waals surface area contributed by atoms with Gasteiger partial charge in [-0.2, -0.15) is 5.10 Å². The van der Waals surface area contributed by atoms with Crippen molar-refractivity contribution in [1.82, 2.24) is 20.1 Å². The number of carbonyl (C=O) groups excluding carboxylic acids is 2. The van der Waals surface area contributed by atoms with E-state index in [1.165, 1.54) is 23.1 Å². The van der Waals surface area contributed by atoms with Crippen molar-refractivity contribution in [2.45, 2.75) is 19.8 Å². The Morgan fingerprint density at radius 3 is 2.43 bits per heavy atom. The number of aromatic nitrogens is 3.